The minimum atomic E-state index is -3.62. The summed E-state index contributed by atoms with van der Waals surface area (Å²) in [6.45, 7) is 0.961. The molecule has 0 aliphatic carbocycles. The van der Waals surface area contributed by atoms with Crippen LogP contribution in [-0.2, 0) is 10.0 Å². The third-order valence-corrected chi connectivity index (χ3v) is 6.10. The van der Waals surface area contributed by atoms with Crippen LogP contribution in [0.5, 0.6) is 0 Å². The van der Waals surface area contributed by atoms with Gasteiger partial charge in [0.25, 0.3) is 0 Å². The molecule has 0 atom stereocenters. The Balaban J connectivity index is 1.75. The number of sulfonamides is 1. The van der Waals surface area contributed by atoms with E-state index in [1.54, 1.807) is 4.90 Å². The van der Waals surface area contributed by atoms with E-state index in [0.717, 1.165) is 18.2 Å². The highest BCUT2D eigenvalue weighted by atomic mass is 35.5. The summed E-state index contributed by atoms with van der Waals surface area (Å²) < 4.78 is 53.7. The summed E-state index contributed by atoms with van der Waals surface area (Å²) in [6.07, 6.45) is 0. The molecule has 1 saturated heterocycles. The van der Waals surface area contributed by atoms with Crippen molar-refractivity contribution in [3.8, 4) is 0 Å². The van der Waals surface area contributed by atoms with E-state index < -0.39 is 21.7 Å². The summed E-state index contributed by atoms with van der Waals surface area (Å²) in [5, 5.41) is 0.459. The van der Waals surface area contributed by atoms with Crippen LogP contribution in [0.1, 0.15) is 0 Å². The number of rotatable bonds is 3. The molecule has 1 aliphatic rings. The quantitative estimate of drug-likeness (QED) is 0.831. The highest BCUT2D eigenvalue weighted by Crippen LogP contribution is 2.24. The van der Waals surface area contributed by atoms with Crippen LogP contribution in [-0.4, -0.2) is 38.9 Å². The fourth-order valence-electron chi connectivity index (χ4n) is 2.65. The molecule has 128 valence electrons. The monoisotopic (exact) mass is 372 g/mol. The lowest BCUT2D eigenvalue weighted by Gasteiger charge is -2.35. The van der Waals surface area contributed by atoms with E-state index in [1.807, 2.05) is 0 Å². The Kier molecular flexibility index (Phi) is 4.76. The zero-order valence-corrected chi connectivity index (χ0v) is 14.2. The molecule has 0 radical (unpaired) electrons. The van der Waals surface area contributed by atoms with Crippen LogP contribution in [0.3, 0.4) is 0 Å². The highest BCUT2D eigenvalue weighted by Gasteiger charge is 2.29. The van der Waals surface area contributed by atoms with Crippen LogP contribution in [0.4, 0.5) is 14.5 Å². The lowest BCUT2D eigenvalue weighted by atomic mass is 10.2. The van der Waals surface area contributed by atoms with Crippen LogP contribution in [0.15, 0.2) is 47.4 Å². The molecule has 0 spiro atoms. The number of halogens is 3. The summed E-state index contributed by atoms with van der Waals surface area (Å²) >= 11 is 5.78. The molecule has 4 nitrogen and oxygen atoms in total. The molecule has 0 bridgehead atoms. The molecule has 0 saturated carbocycles. The maximum atomic E-state index is 13.8. The van der Waals surface area contributed by atoms with E-state index >= 15 is 0 Å². The van der Waals surface area contributed by atoms with Gasteiger partial charge < -0.3 is 4.90 Å². The Labute approximate surface area is 144 Å². The molecular weight excluding hydrogens is 358 g/mol. The van der Waals surface area contributed by atoms with Gasteiger partial charge in [0.05, 0.1) is 10.6 Å². The van der Waals surface area contributed by atoms with E-state index in [0.29, 0.717) is 5.02 Å². The Hall–Kier alpha value is -1.70. The van der Waals surface area contributed by atoms with Crippen LogP contribution in [0.25, 0.3) is 0 Å². The highest BCUT2D eigenvalue weighted by molar-refractivity contribution is 7.89. The minimum Gasteiger partial charge on any atom is -0.366 e. The van der Waals surface area contributed by atoms with Crippen molar-refractivity contribution in [1.82, 2.24) is 4.31 Å². The topological polar surface area (TPSA) is 40.6 Å². The number of piperazine rings is 1. The van der Waals surface area contributed by atoms with Gasteiger partial charge in [-0.15, -0.1) is 0 Å². The maximum Gasteiger partial charge on any atom is 0.243 e. The van der Waals surface area contributed by atoms with Gasteiger partial charge >= 0.3 is 0 Å². The average molecular weight is 373 g/mol. The Bertz CT molecular complexity index is 836. The molecule has 2 aromatic carbocycles. The summed E-state index contributed by atoms with van der Waals surface area (Å²) in [5.41, 5.74) is 0.151. The van der Waals surface area contributed by atoms with Crippen molar-refractivity contribution in [2.24, 2.45) is 0 Å². The zero-order chi connectivity index (χ0) is 17.3. The molecule has 2 aromatic rings. The van der Waals surface area contributed by atoms with Crippen molar-refractivity contribution in [1.29, 1.82) is 0 Å². The molecule has 8 heteroatoms. The normalized spacial score (nSPS) is 16.4. The van der Waals surface area contributed by atoms with Gasteiger partial charge in [0.2, 0.25) is 10.0 Å². The van der Waals surface area contributed by atoms with Crippen LogP contribution in [0.2, 0.25) is 5.02 Å². The van der Waals surface area contributed by atoms with E-state index in [1.165, 1.54) is 28.6 Å². The maximum absolute atomic E-state index is 13.8. The molecular formula is C16H15ClF2N2O2S. The van der Waals surface area contributed by atoms with Gasteiger partial charge in [-0.2, -0.15) is 4.31 Å². The lowest BCUT2D eigenvalue weighted by Crippen LogP contribution is -2.48. The molecule has 0 aromatic heterocycles. The summed E-state index contributed by atoms with van der Waals surface area (Å²) in [7, 11) is -3.62. The second-order valence-electron chi connectivity index (χ2n) is 5.44. The smallest absolute Gasteiger partial charge is 0.243 e. The number of hydrogen-bond acceptors (Lipinski definition) is 3. The summed E-state index contributed by atoms with van der Waals surface area (Å²) in [6, 6.07) is 9.20. The number of hydrogen-bond donors (Lipinski definition) is 0. The van der Waals surface area contributed by atoms with Gasteiger partial charge in [-0.1, -0.05) is 11.6 Å². The van der Waals surface area contributed by atoms with E-state index in [9.17, 15) is 17.2 Å². The zero-order valence-electron chi connectivity index (χ0n) is 12.6. The third-order valence-electron chi connectivity index (χ3n) is 3.94. The van der Waals surface area contributed by atoms with E-state index in [4.69, 9.17) is 11.6 Å². The largest absolute Gasteiger partial charge is 0.366 e. The number of anilines is 1. The van der Waals surface area contributed by atoms with Gasteiger partial charge in [0, 0.05) is 37.3 Å². The molecule has 0 N–H and O–H groups in total. The van der Waals surface area contributed by atoms with Gasteiger partial charge in [-0.25, -0.2) is 17.2 Å². The first-order chi connectivity index (χ1) is 11.4. The van der Waals surface area contributed by atoms with Gasteiger partial charge in [-0.05, 0) is 36.4 Å². The SMILES string of the molecule is O=S(=O)(c1ccc(Cl)cc1)N1CCN(c2cc(F)ccc2F)CC1. The standard InChI is InChI=1S/C16H15ClF2N2O2S/c17-12-1-4-14(5-2-12)24(22,23)21-9-7-20(8-10-21)16-11-13(18)3-6-15(16)19/h1-6,11H,7-10H2. The van der Waals surface area contributed by atoms with Gasteiger partial charge in [0.1, 0.15) is 11.6 Å². The molecule has 1 fully saturated rings. The van der Waals surface area contributed by atoms with Crippen molar-refractivity contribution in [2.75, 3.05) is 31.1 Å². The Morgan fingerprint density at radius 3 is 2.17 bits per heavy atom. The second kappa shape index (κ2) is 6.66. The van der Waals surface area contributed by atoms with E-state index in [2.05, 4.69) is 0 Å². The average Bonchev–Trinajstić information content (AvgIpc) is 2.57. The Morgan fingerprint density at radius 1 is 0.917 bits per heavy atom. The molecule has 3 rings (SSSR count). The van der Waals surface area contributed by atoms with Crippen molar-refractivity contribution in [3.05, 3.63) is 59.1 Å². The van der Waals surface area contributed by atoms with Crippen LogP contribution < -0.4 is 4.90 Å². The first kappa shape index (κ1) is 17.1. The van der Waals surface area contributed by atoms with Crippen LogP contribution >= 0.6 is 11.6 Å². The third kappa shape index (κ3) is 3.38. The van der Waals surface area contributed by atoms with Crippen molar-refractivity contribution >= 4 is 27.3 Å². The first-order valence-corrected chi connectivity index (χ1v) is 9.15. The molecule has 1 heterocycles. The van der Waals surface area contributed by atoms with Crippen molar-refractivity contribution in [3.63, 3.8) is 0 Å². The fourth-order valence-corrected chi connectivity index (χ4v) is 4.20. The lowest BCUT2D eigenvalue weighted by molar-refractivity contribution is 0.383. The molecule has 0 amide bonds. The first-order valence-electron chi connectivity index (χ1n) is 7.33. The fraction of sp³-hybridized carbons (Fsp3) is 0.250. The summed E-state index contributed by atoms with van der Waals surface area (Å²) in [5.74, 6) is -1.05. The van der Waals surface area contributed by atoms with Crippen molar-refractivity contribution < 1.29 is 17.2 Å². The predicted octanol–water partition coefficient (Wildman–Crippen LogP) is 3.13. The van der Waals surface area contributed by atoms with Crippen molar-refractivity contribution in [2.45, 2.75) is 4.90 Å². The van der Waals surface area contributed by atoms with Gasteiger partial charge in [-0.3, -0.25) is 0 Å². The van der Waals surface area contributed by atoms with Crippen LogP contribution in [0, 0.1) is 11.6 Å². The Morgan fingerprint density at radius 2 is 1.54 bits per heavy atom. The molecule has 1 aliphatic heterocycles. The molecule has 24 heavy (non-hydrogen) atoms. The molecule has 0 unspecified atom stereocenters. The minimum absolute atomic E-state index is 0.151. The van der Waals surface area contributed by atoms with E-state index in [-0.39, 0.29) is 36.8 Å². The summed E-state index contributed by atoms with van der Waals surface area (Å²) in [4.78, 5) is 1.81. The number of nitrogens with zero attached hydrogens (tertiary/aromatic N) is 2. The predicted molar refractivity (Wildman–Crippen MR) is 88.8 cm³/mol. The second-order valence-corrected chi connectivity index (χ2v) is 7.82. The van der Waals surface area contributed by atoms with Gasteiger partial charge in [0.15, 0.2) is 0 Å². The number of benzene rings is 2.